The summed E-state index contributed by atoms with van der Waals surface area (Å²) in [6, 6.07) is 0.560. The fraction of sp³-hybridized carbons (Fsp3) is 0.545. The van der Waals surface area contributed by atoms with E-state index in [1.165, 1.54) is 12.8 Å². The van der Waals surface area contributed by atoms with Gasteiger partial charge in [0.1, 0.15) is 0 Å². The van der Waals surface area contributed by atoms with Crippen LogP contribution in [0.2, 0.25) is 0 Å². The Morgan fingerprint density at radius 2 is 2.25 bits per heavy atom. The molecule has 2 N–H and O–H groups in total. The first kappa shape index (κ1) is 11.0. The van der Waals surface area contributed by atoms with Crippen molar-refractivity contribution in [2.24, 2.45) is 0 Å². The summed E-state index contributed by atoms with van der Waals surface area (Å²) in [6.07, 6.45) is 5.77. The number of hydrogen-bond acceptors (Lipinski definition) is 4. The molecule has 86 valence electrons. The minimum atomic E-state index is 0.00859. The van der Waals surface area contributed by atoms with Crippen LogP contribution in [0.3, 0.4) is 0 Å². The summed E-state index contributed by atoms with van der Waals surface area (Å²) in [5.41, 5.74) is 1.66. The number of carbonyl (C=O) groups is 1. The van der Waals surface area contributed by atoms with Gasteiger partial charge in [-0.25, -0.2) is 0 Å². The van der Waals surface area contributed by atoms with Crippen molar-refractivity contribution >= 4 is 5.91 Å². The molecule has 1 aromatic rings. The first-order chi connectivity index (χ1) is 7.74. The third kappa shape index (κ3) is 3.58. The van der Waals surface area contributed by atoms with Gasteiger partial charge < -0.3 is 10.6 Å². The highest BCUT2D eigenvalue weighted by atomic mass is 16.1. The molecule has 0 aromatic carbocycles. The van der Waals surface area contributed by atoms with Gasteiger partial charge in [0.05, 0.1) is 30.7 Å². The van der Waals surface area contributed by atoms with Crippen LogP contribution in [-0.2, 0) is 11.3 Å². The van der Waals surface area contributed by atoms with Crippen LogP contribution in [0.5, 0.6) is 0 Å². The number of nitrogens with one attached hydrogen (secondary N) is 2. The van der Waals surface area contributed by atoms with E-state index >= 15 is 0 Å². The van der Waals surface area contributed by atoms with E-state index in [1.807, 2.05) is 6.92 Å². The zero-order valence-corrected chi connectivity index (χ0v) is 9.36. The van der Waals surface area contributed by atoms with Gasteiger partial charge in [-0.15, -0.1) is 0 Å². The van der Waals surface area contributed by atoms with Gasteiger partial charge >= 0.3 is 0 Å². The van der Waals surface area contributed by atoms with Gasteiger partial charge in [0, 0.05) is 12.2 Å². The summed E-state index contributed by atoms with van der Waals surface area (Å²) in [5.74, 6) is 0.00859. The van der Waals surface area contributed by atoms with Crippen LogP contribution < -0.4 is 10.6 Å². The Hall–Kier alpha value is -1.49. The highest BCUT2D eigenvalue weighted by Crippen LogP contribution is 2.17. The van der Waals surface area contributed by atoms with Crippen molar-refractivity contribution in [3.63, 3.8) is 0 Å². The highest BCUT2D eigenvalue weighted by molar-refractivity contribution is 5.77. The summed E-state index contributed by atoms with van der Waals surface area (Å²) in [4.78, 5) is 19.7. The van der Waals surface area contributed by atoms with Crippen molar-refractivity contribution < 1.29 is 4.79 Å². The van der Waals surface area contributed by atoms with Crippen molar-refractivity contribution in [1.82, 2.24) is 20.6 Å². The van der Waals surface area contributed by atoms with E-state index in [2.05, 4.69) is 20.6 Å². The van der Waals surface area contributed by atoms with Gasteiger partial charge in [-0.3, -0.25) is 14.8 Å². The van der Waals surface area contributed by atoms with Crippen molar-refractivity contribution in [2.75, 3.05) is 6.54 Å². The van der Waals surface area contributed by atoms with Crippen LogP contribution in [0, 0.1) is 6.92 Å². The number of rotatable bonds is 5. The van der Waals surface area contributed by atoms with E-state index in [-0.39, 0.29) is 5.91 Å². The summed E-state index contributed by atoms with van der Waals surface area (Å²) in [5, 5.41) is 5.95. The Balaban J connectivity index is 1.69. The summed E-state index contributed by atoms with van der Waals surface area (Å²) in [7, 11) is 0. The quantitative estimate of drug-likeness (QED) is 0.741. The Bertz CT molecular complexity index is 359. The molecule has 0 spiro atoms. The van der Waals surface area contributed by atoms with Gasteiger partial charge in [-0.05, 0) is 19.8 Å². The monoisotopic (exact) mass is 220 g/mol. The molecule has 2 rings (SSSR count). The number of carbonyl (C=O) groups excluding carboxylic acids is 1. The van der Waals surface area contributed by atoms with E-state index in [1.54, 1.807) is 12.4 Å². The van der Waals surface area contributed by atoms with Crippen molar-refractivity contribution in [3.8, 4) is 0 Å². The van der Waals surface area contributed by atoms with E-state index < -0.39 is 0 Å². The van der Waals surface area contributed by atoms with Crippen molar-refractivity contribution in [2.45, 2.75) is 32.4 Å². The average Bonchev–Trinajstić information content (AvgIpc) is 3.09. The molecule has 0 saturated heterocycles. The second-order valence-electron chi connectivity index (χ2n) is 4.08. The van der Waals surface area contributed by atoms with Crippen LogP contribution in [0.25, 0.3) is 0 Å². The number of hydrogen-bond donors (Lipinski definition) is 2. The lowest BCUT2D eigenvalue weighted by Gasteiger charge is -2.05. The smallest absolute Gasteiger partial charge is 0.234 e. The molecule has 0 unspecified atom stereocenters. The van der Waals surface area contributed by atoms with Gasteiger partial charge in [-0.2, -0.15) is 0 Å². The molecule has 1 aliphatic rings. The number of amides is 1. The fourth-order valence-corrected chi connectivity index (χ4v) is 1.29. The lowest BCUT2D eigenvalue weighted by molar-refractivity contribution is -0.120. The third-order valence-electron chi connectivity index (χ3n) is 2.43. The molecule has 5 heteroatoms. The maximum absolute atomic E-state index is 11.4. The second-order valence-corrected chi connectivity index (χ2v) is 4.08. The first-order valence-corrected chi connectivity index (χ1v) is 5.51. The molecule has 0 aliphatic heterocycles. The average molecular weight is 220 g/mol. The predicted octanol–water partition coefficient (Wildman–Crippen LogP) is 0.153. The summed E-state index contributed by atoms with van der Waals surface area (Å²) in [6.45, 7) is 2.72. The van der Waals surface area contributed by atoms with Crippen molar-refractivity contribution in [3.05, 3.63) is 23.8 Å². The van der Waals surface area contributed by atoms with E-state index in [4.69, 9.17) is 0 Å². The summed E-state index contributed by atoms with van der Waals surface area (Å²) >= 11 is 0. The largest absolute Gasteiger partial charge is 0.349 e. The summed E-state index contributed by atoms with van der Waals surface area (Å²) < 4.78 is 0. The third-order valence-corrected chi connectivity index (χ3v) is 2.43. The maximum atomic E-state index is 11.4. The minimum Gasteiger partial charge on any atom is -0.349 e. The Morgan fingerprint density at radius 3 is 2.88 bits per heavy atom. The van der Waals surface area contributed by atoms with Crippen LogP contribution in [0.1, 0.15) is 24.2 Å². The lowest BCUT2D eigenvalue weighted by atomic mass is 10.4. The van der Waals surface area contributed by atoms with E-state index in [9.17, 15) is 4.79 Å². The molecule has 1 amide bonds. The Labute approximate surface area is 94.7 Å². The number of aryl methyl sites for hydroxylation is 1. The SMILES string of the molecule is Cc1cnc(CNC(=O)CNC2CC2)cn1. The highest BCUT2D eigenvalue weighted by Gasteiger charge is 2.20. The Kier molecular flexibility index (Phi) is 3.46. The molecule has 5 nitrogen and oxygen atoms in total. The fourth-order valence-electron chi connectivity index (χ4n) is 1.29. The molecule has 0 bridgehead atoms. The molecule has 1 aliphatic carbocycles. The standard InChI is InChI=1S/C11H16N4O/c1-8-4-13-10(5-12-8)6-15-11(16)7-14-9-2-3-9/h4-5,9,14H,2-3,6-7H2,1H3,(H,15,16). The van der Waals surface area contributed by atoms with E-state index in [0.717, 1.165) is 11.4 Å². The number of aromatic nitrogens is 2. The van der Waals surface area contributed by atoms with Gasteiger partial charge in [0.2, 0.25) is 5.91 Å². The second kappa shape index (κ2) is 5.03. The molecule has 1 aromatic heterocycles. The molecular formula is C11H16N4O. The molecule has 1 heterocycles. The normalized spacial score (nSPS) is 14.8. The van der Waals surface area contributed by atoms with Gasteiger partial charge in [0.25, 0.3) is 0 Å². The van der Waals surface area contributed by atoms with Crippen LogP contribution in [0.15, 0.2) is 12.4 Å². The molecule has 1 saturated carbocycles. The van der Waals surface area contributed by atoms with Crippen LogP contribution >= 0.6 is 0 Å². The molecule has 0 radical (unpaired) electrons. The molecule has 0 atom stereocenters. The zero-order valence-electron chi connectivity index (χ0n) is 9.36. The lowest BCUT2D eigenvalue weighted by Crippen LogP contribution is -2.34. The Morgan fingerprint density at radius 1 is 1.44 bits per heavy atom. The maximum Gasteiger partial charge on any atom is 0.234 e. The topological polar surface area (TPSA) is 66.9 Å². The van der Waals surface area contributed by atoms with E-state index in [0.29, 0.717) is 19.1 Å². The zero-order chi connectivity index (χ0) is 11.4. The van der Waals surface area contributed by atoms with Gasteiger partial charge in [0.15, 0.2) is 0 Å². The minimum absolute atomic E-state index is 0.00859. The predicted molar refractivity (Wildman–Crippen MR) is 59.6 cm³/mol. The first-order valence-electron chi connectivity index (χ1n) is 5.51. The molecular weight excluding hydrogens is 204 g/mol. The number of nitrogens with zero attached hydrogens (tertiary/aromatic N) is 2. The molecule has 16 heavy (non-hydrogen) atoms. The molecule has 1 fully saturated rings. The van der Waals surface area contributed by atoms with Gasteiger partial charge in [-0.1, -0.05) is 0 Å². The van der Waals surface area contributed by atoms with Crippen molar-refractivity contribution in [1.29, 1.82) is 0 Å². The van der Waals surface area contributed by atoms with Crippen LogP contribution in [0.4, 0.5) is 0 Å². The van der Waals surface area contributed by atoms with Crippen LogP contribution in [-0.4, -0.2) is 28.5 Å².